The van der Waals surface area contributed by atoms with Crippen molar-refractivity contribution >= 4 is 32.5 Å². The minimum absolute atomic E-state index is 0.0591. The number of hydrogen-bond acceptors (Lipinski definition) is 7. The fraction of sp³-hybridized carbons (Fsp3) is 0.474. The molecule has 5 rings (SSSR count). The molecule has 1 N–H and O–H groups in total. The van der Waals surface area contributed by atoms with E-state index < -0.39 is 15.8 Å². The molecular formula is C19H22N4O4S2. The third-order valence-electron chi connectivity index (χ3n) is 6.14. The van der Waals surface area contributed by atoms with E-state index in [1.807, 2.05) is 11.7 Å². The van der Waals surface area contributed by atoms with Crippen molar-refractivity contribution in [2.45, 2.75) is 30.3 Å². The second-order valence-electron chi connectivity index (χ2n) is 7.96. The van der Waals surface area contributed by atoms with E-state index in [0.29, 0.717) is 17.4 Å². The van der Waals surface area contributed by atoms with Crippen LogP contribution in [0.4, 0.5) is 0 Å². The zero-order valence-electron chi connectivity index (χ0n) is 15.9. The fourth-order valence-corrected chi connectivity index (χ4v) is 6.73. The van der Waals surface area contributed by atoms with Gasteiger partial charge < -0.3 is 4.42 Å². The minimum atomic E-state index is -3.70. The van der Waals surface area contributed by atoms with Crippen molar-refractivity contribution < 1.29 is 12.8 Å². The van der Waals surface area contributed by atoms with E-state index in [9.17, 15) is 13.2 Å². The lowest BCUT2D eigenvalue weighted by Gasteiger charge is -2.38. The molecule has 0 radical (unpaired) electrons. The van der Waals surface area contributed by atoms with Gasteiger partial charge >= 0.3 is 5.76 Å². The molecule has 2 aromatic heterocycles. The van der Waals surface area contributed by atoms with Gasteiger partial charge in [0.15, 0.2) is 5.58 Å². The molecule has 3 aromatic rings. The maximum Gasteiger partial charge on any atom is 0.419 e. The topological polar surface area (TPSA) is 97.4 Å². The molecule has 0 amide bonds. The highest BCUT2D eigenvalue weighted by molar-refractivity contribution is 7.89. The summed E-state index contributed by atoms with van der Waals surface area (Å²) in [5.41, 5.74) is 2.70. The minimum Gasteiger partial charge on any atom is -0.408 e. The van der Waals surface area contributed by atoms with E-state index in [-0.39, 0.29) is 16.5 Å². The molecule has 1 aliphatic heterocycles. The standard InChI is InChI=1S/C19H22N4O4S2/c1-22-16-5-4-15(6-17(16)27-19(22)24)29(25,26)21-18-12-2-3-13(18)9-23(8-12)10-14-7-20-11-28-14/h4-7,11-13,18,21H,2-3,8-10H2,1H3/t12-,13+,18?. The third-order valence-corrected chi connectivity index (χ3v) is 8.36. The highest BCUT2D eigenvalue weighted by Crippen LogP contribution is 2.38. The molecule has 2 fully saturated rings. The first-order valence-electron chi connectivity index (χ1n) is 9.62. The van der Waals surface area contributed by atoms with Crippen molar-refractivity contribution in [3.8, 4) is 0 Å². The Kier molecular flexibility index (Phi) is 4.61. The van der Waals surface area contributed by atoms with Crippen molar-refractivity contribution in [3.63, 3.8) is 0 Å². The molecule has 3 atom stereocenters. The van der Waals surface area contributed by atoms with Crippen molar-refractivity contribution in [2.75, 3.05) is 13.1 Å². The lowest BCUT2D eigenvalue weighted by molar-refractivity contribution is 0.134. The van der Waals surface area contributed by atoms with Gasteiger partial charge in [0.1, 0.15) is 0 Å². The van der Waals surface area contributed by atoms with Crippen LogP contribution in [0.15, 0.2) is 44.0 Å². The molecule has 10 heteroatoms. The molecule has 29 heavy (non-hydrogen) atoms. The molecule has 1 saturated carbocycles. The van der Waals surface area contributed by atoms with Crippen molar-refractivity contribution in [2.24, 2.45) is 18.9 Å². The van der Waals surface area contributed by atoms with Gasteiger partial charge in [-0.15, -0.1) is 11.3 Å². The second-order valence-corrected chi connectivity index (χ2v) is 10.6. The zero-order valence-corrected chi connectivity index (χ0v) is 17.6. The molecule has 1 unspecified atom stereocenters. The first-order chi connectivity index (χ1) is 13.9. The number of sulfonamides is 1. The van der Waals surface area contributed by atoms with E-state index in [1.165, 1.54) is 21.6 Å². The van der Waals surface area contributed by atoms with E-state index >= 15 is 0 Å². The quantitative estimate of drug-likeness (QED) is 0.657. The molecule has 154 valence electrons. The highest BCUT2D eigenvalue weighted by Gasteiger charge is 2.43. The molecule has 2 bridgehead atoms. The van der Waals surface area contributed by atoms with Crippen LogP contribution in [0.3, 0.4) is 0 Å². The smallest absolute Gasteiger partial charge is 0.408 e. The number of piperidine rings is 1. The largest absolute Gasteiger partial charge is 0.419 e. The predicted octanol–water partition coefficient (Wildman–Crippen LogP) is 1.78. The first kappa shape index (κ1) is 19.0. The highest BCUT2D eigenvalue weighted by atomic mass is 32.2. The Bertz CT molecular complexity index is 1180. The van der Waals surface area contributed by atoms with Crippen LogP contribution in [0.25, 0.3) is 11.1 Å². The van der Waals surface area contributed by atoms with Gasteiger partial charge in [0.05, 0.1) is 15.9 Å². The summed E-state index contributed by atoms with van der Waals surface area (Å²) in [5, 5.41) is 0. The number of likely N-dealkylation sites (tertiary alicyclic amines) is 1. The zero-order chi connectivity index (χ0) is 20.2. The third kappa shape index (κ3) is 3.43. The van der Waals surface area contributed by atoms with E-state index in [4.69, 9.17) is 4.42 Å². The Balaban J connectivity index is 1.34. The van der Waals surface area contributed by atoms with Crippen molar-refractivity contribution in [1.82, 2.24) is 19.2 Å². The number of aromatic nitrogens is 2. The molecule has 0 spiro atoms. The SMILES string of the molecule is Cn1c(=O)oc2cc(S(=O)(=O)NC3[C@@H]4CC[C@H]3CN(Cc3cncs3)C4)ccc21. The van der Waals surface area contributed by atoms with Crippen molar-refractivity contribution in [3.05, 3.63) is 45.3 Å². The second kappa shape index (κ2) is 7.05. The van der Waals surface area contributed by atoms with Gasteiger partial charge in [-0.3, -0.25) is 14.5 Å². The van der Waals surface area contributed by atoms with E-state index in [1.54, 1.807) is 24.5 Å². The van der Waals surface area contributed by atoms with Gasteiger partial charge in [0.25, 0.3) is 0 Å². The van der Waals surface area contributed by atoms with E-state index in [0.717, 1.165) is 32.5 Å². The number of fused-ring (bicyclic) bond motifs is 3. The fourth-order valence-electron chi connectivity index (χ4n) is 4.71. The van der Waals surface area contributed by atoms with Gasteiger partial charge in [-0.1, -0.05) is 0 Å². The lowest BCUT2D eigenvalue weighted by Crippen LogP contribution is -2.52. The maximum absolute atomic E-state index is 13.0. The number of aryl methyl sites for hydroxylation is 1. The van der Waals surface area contributed by atoms with Crippen LogP contribution in [0.2, 0.25) is 0 Å². The Morgan fingerprint density at radius 2 is 2.03 bits per heavy atom. The summed E-state index contributed by atoms with van der Waals surface area (Å²) < 4.78 is 35.5. The number of nitrogens with one attached hydrogen (secondary N) is 1. The summed E-state index contributed by atoms with van der Waals surface area (Å²) in [6.07, 6.45) is 3.97. The summed E-state index contributed by atoms with van der Waals surface area (Å²) in [6, 6.07) is 4.51. The molecule has 1 aliphatic carbocycles. The van der Waals surface area contributed by atoms with Gasteiger partial charge in [-0.05, 0) is 36.8 Å². The monoisotopic (exact) mass is 434 g/mol. The lowest BCUT2D eigenvalue weighted by atomic mass is 9.93. The molecule has 1 saturated heterocycles. The summed E-state index contributed by atoms with van der Waals surface area (Å²) >= 11 is 1.65. The molecule has 2 aliphatic rings. The van der Waals surface area contributed by atoms with Crippen LogP contribution in [0.1, 0.15) is 17.7 Å². The number of nitrogens with zero attached hydrogens (tertiary/aromatic N) is 3. The number of hydrogen-bond donors (Lipinski definition) is 1. The van der Waals surface area contributed by atoms with Gasteiger partial charge in [-0.2, -0.15) is 0 Å². The molecular weight excluding hydrogens is 412 g/mol. The summed E-state index contributed by atoms with van der Waals surface area (Å²) in [6.45, 7) is 2.64. The first-order valence-corrected chi connectivity index (χ1v) is 12.0. The van der Waals surface area contributed by atoms with Gasteiger partial charge in [0, 0.05) is 49.9 Å². The Morgan fingerprint density at radius 1 is 1.28 bits per heavy atom. The molecule has 8 nitrogen and oxygen atoms in total. The Morgan fingerprint density at radius 3 is 2.72 bits per heavy atom. The Hall–Kier alpha value is -2.01. The molecule has 3 heterocycles. The van der Waals surface area contributed by atoms with Crippen LogP contribution >= 0.6 is 11.3 Å². The summed E-state index contributed by atoms with van der Waals surface area (Å²) in [7, 11) is -2.10. The van der Waals surface area contributed by atoms with E-state index in [2.05, 4.69) is 14.6 Å². The van der Waals surface area contributed by atoms with Gasteiger partial charge in [-0.25, -0.2) is 17.9 Å². The number of thiazole rings is 1. The average Bonchev–Trinajstić information content (AvgIpc) is 3.34. The van der Waals surface area contributed by atoms with Crippen LogP contribution in [0.5, 0.6) is 0 Å². The molecule has 1 aromatic carbocycles. The summed E-state index contributed by atoms with van der Waals surface area (Å²) in [5.74, 6) is 0.0959. The van der Waals surface area contributed by atoms with Crippen LogP contribution in [-0.4, -0.2) is 42.0 Å². The van der Waals surface area contributed by atoms with Crippen LogP contribution in [-0.2, 0) is 23.6 Å². The number of benzene rings is 1. The normalized spacial score (nSPS) is 25.1. The number of oxazole rings is 1. The number of rotatable bonds is 5. The van der Waals surface area contributed by atoms with Crippen LogP contribution in [0, 0.1) is 11.8 Å². The van der Waals surface area contributed by atoms with Gasteiger partial charge in [0.2, 0.25) is 10.0 Å². The Labute approximate surface area is 172 Å². The average molecular weight is 435 g/mol. The van der Waals surface area contributed by atoms with Crippen LogP contribution < -0.4 is 10.5 Å². The predicted molar refractivity (Wildman–Crippen MR) is 109 cm³/mol. The summed E-state index contributed by atoms with van der Waals surface area (Å²) in [4.78, 5) is 19.6. The maximum atomic E-state index is 13.0. The van der Waals surface area contributed by atoms with Crippen molar-refractivity contribution in [1.29, 1.82) is 0 Å².